The van der Waals surface area contributed by atoms with Crippen LogP contribution in [0.2, 0.25) is 0 Å². The second-order valence-corrected chi connectivity index (χ2v) is 5.44. The van der Waals surface area contributed by atoms with E-state index >= 15 is 0 Å². The topological polar surface area (TPSA) is 25.8 Å². The lowest BCUT2D eigenvalue weighted by molar-refractivity contribution is -0.0696. The molecule has 1 heterocycles. The minimum absolute atomic E-state index is 0.258. The van der Waals surface area contributed by atoms with Gasteiger partial charge >= 0.3 is 6.18 Å². The van der Waals surface area contributed by atoms with Gasteiger partial charge in [-0.05, 0) is 36.1 Å². The number of halogens is 5. The highest BCUT2D eigenvalue weighted by molar-refractivity contribution is 5.40. The van der Waals surface area contributed by atoms with Crippen LogP contribution in [0.5, 0.6) is 0 Å². The van der Waals surface area contributed by atoms with E-state index in [1.165, 1.54) is 5.92 Å². The predicted octanol–water partition coefficient (Wildman–Crippen LogP) is 4.41. The molecule has 0 aliphatic heterocycles. The summed E-state index contributed by atoms with van der Waals surface area (Å²) < 4.78 is 63.7. The van der Waals surface area contributed by atoms with Crippen molar-refractivity contribution in [3.05, 3.63) is 58.7 Å². The van der Waals surface area contributed by atoms with Crippen molar-refractivity contribution in [1.82, 2.24) is 9.97 Å². The fraction of sp³-hybridized carbons (Fsp3) is 0.333. The third kappa shape index (κ3) is 5.82. The van der Waals surface area contributed by atoms with Crippen molar-refractivity contribution in [2.75, 3.05) is 0 Å². The summed E-state index contributed by atoms with van der Waals surface area (Å²) in [4.78, 5) is 8.37. The summed E-state index contributed by atoms with van der Waals surface area (Å²) >= 11 is 0. The largest absolute Gasteiger partial charge is 0.458 e. The van der Waals surface area contributed by atoms with Crippen molar-refractivity contribution in [2.45, 2.75) is 38.8 Å². The van der Waals surface area contributed by atoms with Crippen molar-refractivity contribution in [3.8, 4) is 11.8 Å². The van der Waals surface area contributed by atoms with Gasteiger partial charge in [0.05, 0.1) is 5.56 Å². The monoisotopic (exact) mass is 354 g/mol. The minimum atomic E-state index is -4.81. The number of aryl methyl sites for hydroxylation is 3. The zero-order chi connectivity index (χ0) is 18.4. The minimum Gasteiger partial charge on any atom is -0.241 e. The first-order valence-corrected chi connectivity index (χ1v) is 7.66. The first kappa shape index (κ1) is 18.8. The summed E-state index contributed by atoms with van der Waals surface area (Å²) in [6, 6.07) is 1.96. The number of benzene rings is 1. The molecule has 0 bridgehead atoms. The van der Waals surface area contributed by atoms with Crippen LogP contribution in [0.25, 0.3) is 0 Å². The van der Waals surface area contributed by atoms with Gasteiger partial charge in [0.2, 0.25) is 0 Å². The molecule has 0 aliphatic carbocycles. The van der Waals surface area contributed by atoms with E-state index < -0.39 is 23.4 Å². The smallest absolute Gasteiger partial charge is 0.241 e. The molecule has 0 fully saturated rings. The molecule has 0 saturated carbocycles. The van der Waals surface area contributed by atoms with E-state index in [1.54, 1.807) is 12.4 Å². The summed E-state index contributed by atoms with van der Waals surface area (Å²) in [5.41, 5.74) is 0.422. The molecule has 2 nitrogen and oxygen atoms in total. The van der Waals surface area contributed by atoms with Gasteiger partial charge in [-0.15, -0.1) is 0 Å². The standard InChI is InChI=1S/C18H15F5N2/c1-2-3-13-10-24-17(25-11-13)5-4-12-8-15(19)14(16(20)9-12)6-7-18(21,22)23/h8-11H,2-5H2,1H3. The van der Waals surface area contributed by atoms with Gasteiger partial charge in [-0.25, -0.2) is 18.7 Å². The Balaban J connectivity index is 2.09. The lowest BCUT2D eigenvalue weighted by Crippen LogP contribution is -2.03. The van der Waals surface area contributed by atoms with Crippen molar-refractivity contribution in [2.24, 2.45) is 0 Å². The van der Waals surface area contributed by atoms with Crippen molar-refractivity contribution >= 4 is 0 Å². The zero-order valence-corrected chi connectivity index (χ0v) is 13.4. The number of nitrogens with zero attached hydrogens (tertiary/aromatic N) is 2. The maximum Gasteiger partial charge on any atom is 0.458 e. The highest BCUT2D eigenvalue weighted by atomic mass is 19.4. The van der Waals surface area contributed by atoms with Gasteiger partial charge in [0.25, 0.3) is 0 Å². The molecule has 0 atom stereocenters. The molecule has 0 spiro atoms. The second-order valence-electron chi connectivity index (χ2n) is 5.44. The van der Waals surface area contributed by atoms with Crippen LogP contribution in [0.4, 0.5) is 22.0 Å². The molecule has 2 aromatic rings. The number of alkyl halides is 3. The lowest BCUT2D eigenvalue weighted by Gasteiger charge is -2.05. The fourth-order valence-electron chi connectivity index (χ4n) is 2.21. The summed E-state index contributed by atoms with van der Waals surface area (Å²) in [5, 5.41) is 0. The Labute approximate surface area is 142 Å². The van der Waals surface area contributed by atoms with Crippen LogP contribution in [0, 0.1) is 23.5 Å². The van der Waals surface area contributed by atoms with Gasteiger partial charge in [-0.1, -0.05) is 19.3 Å². The van der Waals surface area contributed by atoms with E-state index in [1.807, 2.05) is 6.92 Å². The molecule has 132 valence electrons. The predicted molar refractivity (Wildman–Crippen MR) is 82.7 cm³/mol. The Kier molecular flexibility index (Phi) is 6.07. The van der Waals surface area contributed by atoms with Crippen LogP contribution in [0.15, 0.2) is 24.5 Å². The fourth-order valence-corrected chi connectivity index (χ4v) is 2.21. The van der Waals surface area contributed by atoms with E-state index in [0.29, 0.717) is 17.8 Å². The average Bonchev–Trinajstić information content (AvgIpc) is 2.52. The molecule has 25 heavy (non-hydrogen) atoms. The Morgan fingerprint density at radius 1 is 0.920 bits per heavy atom. The lowest BCUT2D eigenvalue weighted by atomic mass is 10.1. The van der Waals surface area contributed by atoms with E-state index in [0.717, 1.165) is 36.5 Å². The molecule has 0 aliphatic rings. The Hall–Kier alpha value is -2.49. The van der Waals surface area contributed by atoms with Gasteiger partial charge in [0.15, 0.2) is 0 Å². The van der Waals surface area contributed by atoms with Gasteiger partial charge in [-0.2, -0.15) is 13.2 Å². The molecule has 0 unspecified atom stereocenters. The first-order valence-electron chi connectivity index (χ1n) is 7.66. The average molecular weight is 354 g/mol. The molecular weight excluding hydrogens is 339 g/mol. The van der Waals surface area contributed by atoms with E-state index in [2.05, 4.69) is 9.97 Å². The van der Waals surface area contributed by atoms with E-state index in [9.17, 15) is 22.0 Å². The van der Waals surface area contributed by atoms with Crippen molar-refractivity contribution < 1.29 is 22.0 Å². The van der Waals surface area contributed by atoms with Gasteiger partial charge in [0.1, 0.15) is 17.5 Å². The van der Waals surface area contributed by atoms with Crippen LogP contribution < -0.4 is 0 Å². The van der Waals surface area contributed by atoms with Crippen LogP contribution in [0.3, 0.4) is 0 Å². The molecule has 0 radical (unpaired) electrons. The van der Waals surface area contributed by atoms with Crippen LogP contribution in [-0.2, 0) is 19.3 Å². The molecule has 0 amide bonds. The second kappa shape index (κ2) is 8.06. The van der Waals surface area contributed by atoms with Gasteiger partial charge in [-0.3, -0.25) is 0 Å². The maximum atomic E-state index is 13.8. The zero-order valence-electron chi connectivity index (χ0n) is 13.4. The number of hydrogen-bond acceptors (Lipinski definition) is 2. The highest BCUT2D eigenvalue weighted by Gasteiger charge is 2.23. The summed E-state index contributed by atoms with van der Waals surface area (Å²) in [7, 11) is 0. The van der Waals surface area contributed by atoms with E-state index in [-0.39, 0.29) is 6.42 Å². The van der Waals surface area contributed by atoms with Crippen LogP contribution in [0.1, 0.15) is 35.9 Å². The number of hydrogen-bond donors (Lipinski definition) is 0. The maximum absolute atomic E-state index is 13.8. The Morgan fingerprint density at radius 2 is 1.52 bits per heavy atom. The summed E-state index contributed by atoms with van der Waals surface area (Å²) in [5.74, 6) is 0.644. The van der Waals surface area contributed by atoms with Crippen molar-refractivity contribution in [3.63, 3.8) is 0 Å². The summed E-state index contributed by atoms with van der Waals surface area (Å²) in [6.45, 7) is 2.04. The number of aromatic nitrogens is 2. The van der Waals surface area contributed by atoms with Crippen molar-refractivity contribution in [1.29, 1.82) is 0 Å². The van der Waals surface area contributed by atoms with Gasteiger partial charge < -0.3 is 0 Å². The molecule has 2 rings (SSSR count). The third-order valence-corrected chi connectivity index (χ3v) is 3.37. The quantitative estimate of drug-likeness (QED) is 0.587. The summed E-state index contributed by atoms with van der Waals surface area (Å²) in [6.07, 6.45) is 1.08. The van der Waals surface area contributed by atoms with Crippen LogP contribution in [-0.4, -0.2) is 16.1 Å². The molecule has 0 saturated heterocycles. The molecule has 0 N–H and O–H groups in total. The molecule has 1 aromatic carbocycles. The molecule has 1 aromatic heterocycles. The first-order chi connectivity index (χ1) is 11.8. The van der Waals surface area contributed by atoms with E-state index in [4.69, 9.17) is 0 Å². The normalized spacial score (nSPS) is 11.1. The van der Waals surface area contributed by atoms with Crippen LogP contribution >= 0.6 is 0 Å². The SMILES string of the molecule is CCCc1cnc(CCc2cc(F)c(C#CC(F)(F)F)c(F)c2)nc1. The number of rotatable bonds is 5. The highest BCUT2D eigenvalue weighted by Crippen LogP contribution is 2.18. The Morgan fingerprint density at radius 3 is 2.04 bits per heavy atom. The van der Waals surface area contributed by atoms with Gasteiger partial charge in [0, 0.05) is 24.7 Å². The Bertz CT molecular complexity index is 763. The molecular formula is C18H15F5N2. The third-order valence-electron chi connectivity index (χ3n) is 3.37. The molecule has 7 heteroatoms.